The zero-order chi connectivity index (χ0) is 33.0. The van der Waals surface area contributed by atoms with Crippen LogP contribution in [0.15, 0.2) is 182 Å². The molecule has 0 spiro atoms. The fourth-order valence-corrected chi connectivity index (χ4v) is 8.49. The van der Waals surface area contributed by atoms with Gasteiger partial charge in [-0.1, -0.05) is 157 Å². The number of nitrogens with zero attached hydrogens (tertiary/aromatic N) is 2. The van der Waals surface area contributed by atoms with Crippen molar-refractivity contribution in [3.63, 3.8) is 0 Å². The Bertz CT molecular complexity index is 2850. The minimum absolute atomic E-state index is 0.945. The predicted octanol–water partition coefficient (Wildman–Crippen LogP) is 13.7. The monoisotopic (exact) mass is 654 g/mol. The fourth-order valence-electron chi connectivity index (χ4n) is 7.34. The summed E-state index contributed by atoms with van der Waals surface area (Å²) >= 11 is 1.74. The topological polar surface area (TPSA) is 16.1 Å². The van der Waals surface area contributed by atoms with Crippen LogP contribution in [0.25, 0.3) is 75.6 Å². The van der Waals surface area contributed by atoms with Gasteiger partial charge < -0.3 is 0 Å². The molecule has 1 aromatic heterocycles. The number of hydrogen-bond acceptors (Lipinski definition) is 3. The highest BCUT2D eigenvalue weighted by atomic mass is 32.1. The second kappa shape index (κ2) is 11.7. The average molecular weight is 655 g/mol. The summed E-state index contributed by atoms with van der Waals surface area (Å²) < 4.78 is 1.21. The van der Waals surface area contributed by atoms with Crippen molar-refractivity contribution in [2.75, 3.05) is 4.90 Å². The van der Waals surface area contributed by atoms with Crippen LogP contribution in [-0.4, -0.2) is 4.98 Å². The Morgan fingerprint density at radius 2 is 0.860 bits per heavy atom. The third-order valence-corrected chi connectivity index (χ3v) is 11.0. The normalized spacial score (nSPS) is 11.6. The zero-order valence-corrected chi connectivity index (χ0v) is 27.9. The highest BCUT2D eigenvalue weighted by Crippen LogP contribution is 2.42. The highest BCUT2D eigenvalue weighted by Gasteiger charge is 2.19. The largest absolute Gasteiger partial charge is 0.286 e. The van der Waals surface area contributed by atoms with E-state index >= 15 is 0 Å². The van der Waals surface area contributed by atoms with E-state index in [1.807, 2.05) is 0 Å². The summed E-state index contributed by atoms with van der Waals surface area (Å²) in [6.07, 6.45) is 0. The molecule has 0 aliphatic carbocycles. The minimum atomic E-state index is 0.945. The van der Waals surface area contributed by atoms with Crippen LogP contribution in [0.4, 0.5) is 16.5 Å². The van der Waals surface area contributed by atoms with Gasteiger partial charge in [0.25, 0.3) is 0 Å². The molecule has 0 unspecified atom stereocenters. The lowest BCUT2D eigenvalue weighted by Crippen LogP contribution is -2.09. The molecule has 50 heavy (non-hydrogen) atoms. The van der Waals surface area contributed by atoms with Gasteiger partial charge in [-0.15, -0.1) is 0 Å². The van der Waals surface area contributed by atoms with Crippen LogP contribution in [0, 0.1) is 0 Å². The SMILES string of the molecule is c1ccc(-c2ccc(N(c3ccc(-c4ccc5ccc6c7ccccc7ccc6c5c4)cc3)c3nc4ccc5ccccc5c4s3)cc2)cc1. The van der Waals surface area contributed by atoms with Crippen molar-refractivity contribution in [2.24, 2.45) is 0 Å². The molecule has 0 saturated heterocycles. The molecule has 0 bridgehead atoms. The average Bonchev–Trinajstić information content (AvgIpc) is 3.63. The van der Waals surface area contributed by atoms with Crippen LogP contribution in [-0.2, 0) is 0 Å². The Morgan fingerprint density at radius 1 is 0.360 bits per heavy atom. The molecule has 0 N–H and O–H groups in total. The summed E-state index contributed by atoms with van der Waals surface area (Å²) in [6, 6.07) is 65.7. The van der Waals surface area contributed by atoms with Gasteiger partial charge in [0.05, 0.1) is 10.2 Å². The van der Waals surface area contributed by atoms with Crippen LogP contribution in [0.2, 0.25) is 0 Å². The summed E-state index contributed by atoms with van der Waals surface area (Å²) in [6.45, 7) is 0. The first-order valence-electron chi connectivity index (χ1n) is 17.0. The molecular weight excluding hydrogens is 625 g/mol. The first kappa shape index (κ1) is 28.7. The van der Waals surface area contributed by atoms with Crippen LogP contribution >= 0.6 is 11.3 Å². The molecular formula is C47H30N2S. The summed E-state index contributed by atoms with van der Waals surface area (Å²) in [5.74, 6) is 0. The van der Waals surface area contributed by atoms with Crippen molar-refractivity contribution < 1.29 is 0 Å². The summed E-state index contributed by atoms with van der Waals surface area (Å²) in [5, 5.41) is 11.1. The Morgan fingerprint density at radius 3 is 1.58 bits per heavy atom. The molecule has 0 radical (unpaired) electrons. The van der Waals surface area contributed by atoms with Gasteiger partial charge in [-0.25, -0.2) is 4.98 Å². The molecule has 0 amide bonds. The molecule has 1 heterocycles. The lowest BCUT2D eigenvalue weighted by molar-refractivity contribution is 1.25. The Kier molecular flexibility index (Phi) is 6.71. The van der Waals surface area contributed by atoms with Crippen LogP contribution < -0.4 is 4.90 Å². The van der Waals surface area contributed by atoms with Crippen molar-refractivity contribution in [3.8, 4) is 22.3 Å². The van der Waals surface area contributed by atoms with Gasteiger partial charge in [0, 0.05) is 16.8 Å². The number of hydrogen-bond donors (Lipinski definition) is 0. The number of fused-ring (bicyclic) bond motifs is 8. The van der Waals surface area contributed by atoms with Crippen molar-refractivity contribution >= 4 is 81.1 Å². The molecule has 0 atom stereocenters. The molecule has 10 rings (SSSR count). The van der Waals surface area contributed by atoms with Gasteiger partial charge in [0.2, 0.25) is 0 Å². The fraction of sp³-hybridized carbons (Fsp3) is 0. The van der Waals surface area contributed by atoms with Gasteiger partial charge in [-0.05, 0) is 96.4 Å². The summed E-state index contributed by atoms with van der Waals surface area (Å²) in [5.41, 5.74) is 7.95. The lowest BCUT2D eigenvalue weighted by Gasteiger charge is -2.23. The van der Waals surface area contributed by atoms with E-state index in [-0.39, 0.29) is 0 Å². The number of aromatic nitrogens is 1. The number of benzene rings is 9. The second-order valence-corrected chi connectivity index (χ2v) is 13.8. The van der Waals surface area contributed by atoms with E-state index in [1.165, 1.54) is 70.0 Å². The quantitative estimate of drug-likeness (QED) is 0.172. The zero-order valence-electron chi connectivity index (χ0n) is 27.1. The van der Waals surface area contributed by atoms with Gasteiger partial charge in [0.1, 0.15) is 0 Å². The molecule has 0 aliphatic rings. The van der Waals surface area contributed by atoms with Gasteiger partial charge in [-0.2, -0.15) is 0 Å². The highest BCUT2D eigenvalue weighted by molar-refractivity contribution is 7.23. The molecule has 0 saturated carbocycles. The first-order chi connectivity index (χ1) is 24.8. The minimum Gasteiger partial charge on any atom is -0.286 e. The summed E-state index contributed by atoms with van der Waals surface area (Å²) in [4.78, 5) is 7.49. The van der Waals surface area contributed by atoms with Crippen LogP contribution in [0.1, 0.15) is 0 Å². The van der Waals surface area contributed by atoms with Gasteiger partial charge in [0.15, 0.2) is 5.13 Å². The van der Waals surface area contributed by atoms with Crippen LogP contribution in [0.3, 0.4) is 0 Å². The number of anilines is 3. The molecule has 0 fully saturated rings. The molecule has 9 aromatic carbocycles. The van der Waals surface area contributed by atoms with E-state index in [0.717, 1.165) is 22.0 Å². The van der Waals surface area contributed by atoms with E-state index in [4.69, 9.17) is 4.98 Å². The van der Waals surface area contributed by atoms with E-state index in [1.54, 1.807) is 11.3 Å². The third-order valence-electron chi connectivity index (χ3n) is 9.89. The van der Waals surface area contributed by atoms with Crippen molar-refractivity contribution in [2.45, 2.75) is 0 Å². The molecule has 3 heteroatoms. The van der Waals surface area contributed by atoms with Crippen molar-refractivity contribution in [3.05, 3.63) is 182 Å². The van der Waals surface area contributed by atoms with Gasteiger partial charge in [-0.3, -0.25) is 4.90 Å². The molecule has 234 valence electrons. The predicted molar refractivity (Wildman–Crippen MR) is 215 cm³/mol. The van der Waals surface area contributed by atoms with Gasteiger partial charge >= 0.3 is 0 Å². The maximum atomic E-state index is 5.21. The maximum absolute atomic E-state index is 5.21. The van der Waals surface area contributed by atoms with E-state index in [9.17, 15) is 0 Å². The lowest BCUT2D eigenvalue weighted by atomic mass is 9.94. The van der Waals surface area contributed by atoms with Crippen LogP contribution in [0.5, 0.6) is 0 Å². The summed E-state index contributed by atoms with van der Waals surface area (Å²) in [7, 11) is 0. The first-order valence-corrected chi connectivity index (χ1v) is 17.8. The molecule has 0 aliphatic heterocycles. The standard InChI is InChI=1S/C47H30N2S/c1-2-8-31(9-3-1)32-16-23-38(24-17-32)49(47-48-45-29-22-35-11-5-7-13-41(35)46(45)50-47)39-25-18-33(19-26-39)37-15-14-36-21-27-42-40-12-6-4-10-34(40)20-28-43(42)44(36)30-37/h1-30H. The van der Waals surface area contributed by atoms with Crippen molar-refractivity contribution in [1.29, 1.82) is 0 Å². The van der Waals surface area contributed by atoms with E-state index in [2.05, 4.69) is 187 Å². The molecule has 2 nitrogen and oxygen atoms in total. The maximum Gasteiger partial charge on any atom is 0.195 e. The Hall–Kier alpha value is -6.29. The van der Waals surface area contributed by atoms with E-state index < -0.39 is 0 Å². The third kappa shape index (κ3) is 4.82. The Labute approximate surface area is 294 Å². The molecule has 10 aromatic rings. The smallest absolute Gasteiger partial charge is 0.195 e. The van der Waals surface area contributed by atoms with Crippen molar-refractivity contribution in [1.82, 2.24) is 4.98 Å². The Balaban J connectivity index is 1.08. The van der Waals surface area contributed by atoms with E-state index in [0.29, 0.717) is 0 Å². The number of thiazole rings is 1. The number of rotatable bonds is 5. The second-order valence-electron chi connectivity index (χ2n) is 12.8.